The molecule has 6 heteroatoms. The van der Waals surface area contributed by atoms with E-state index in [1.165, 1.54) is 0 Å². The van der Waals surface area contributed by atoms with Crippen LogP contribution in [0.3, 0.4) is 0 Å². The van der Waals surface area contributed by atoms with Gasteiger partial charge in [0.15, 0.2) is 6.61 Å². The van der Waals surface area contributed by atoms with Gasteiger partial charge in [-0.25, -0.2) is 9.59 Å². The van der Waals surface area contributed by atoms with Gasteiger partial charge in [0, 0.05) is 5.57 Å². The average molecular weight is 300 g/mol. The van der Waals surface area contributed by atoms with Crippen LogP contribution in [0.5, 0.6) is 0 Å². The first-order chi connectivity index (χ1) is 9.86. The third kappa shape index (κ3) is 10.6. The number of carbonyl (C=O) groups is 3. The van der Waals surface area contributed by atoms with E-state index in [9.17, 15) is 14.4 Å². The molecular weight excluding hydrogens is 276 g/mol. The molecule has 1 atom stereocenters. The Labute approximate surface area is 125 Å². The summed E-state index contributed by atoms with van der Waals surface area (Å²) < 4.78 is 9.57. The van der Waals surface area contributed by atoms with Gasteiger partial charge in [0.25, 0.3) is 0 Å². The summed E-state index contributed by atoms with van der Waals surface area (Å²) in [5, 5.41) is 8.37. The molecule has 0 unspecified atom stereocenters. The van der Waals surface area contributed by atoms with E-state index in [1.54, 1.807) is 6.92 Å². The van der Waals surface area contributed by atoms with Gasteiger partial charge in [-0.15, -0.1) is 0 Å². The van der Waals surface area contributed by atoms with Gasteiger partial charge < -0.3 is 14.6 Å². The van der Waals surface area contributed by atoms with E-state index < -0.39 is 24.5 Å². The predicted molar refractivity (Wildman–Crippen MR) is 76.7 cm³/mol. The van der Waals surface area contributed by atoms with E-state index in [4.69, 9.17) is 9.84 Å². The fourth-order valence-electron chi connectivity index (χ4n) is 1.66. The normalized spacial score (nSPS) is 11.5. The molecule has 0 aliphatic carbocycles. The molecule has 0 aromatic rings. The molecule has 0 aliphatic rings. The zero-order valence-electron chi connectivity index (χ0n) is 12.7. The van der Waals surface area contributed by atoms with Gasteiger partial charge in [-0.05, 0) is 19.8 Å². The Morgan fingerprint density at radius 1 is 1.19 bits per heavy atom. The smallest absolute Gasteiger partial charge is 0.341 e. The second-order valence-corrected chi connectivity index (χ2v) is 4.90. The second-order valence-electron chi connectivity index (χ2n) is 4.90. The van der Waals surface area contributed by atoms with Crippen molar-refractivity contribution in [3.8, 4) is 0 Å². The number of ether oxygens (including phenoxy) is 2. The molecule has 21 heavy (non-hydrogen) atoms. The van der Waals surface area contributed by atoms with Gasteiger partial charge >= 0.3 is 17.9 Å². The van der Waals surface area contributed by atoms with E-state index in [0.29, 0.717) is 0 Å². The first-order valence-electron chi connectivity index (χ1n) is 7.13. The minimum Gasteiger partial charge on any atom is -0.479 e. The number of carbonyl (C=O) groups excluding carboxylic acids is 2. The minimum absolute atomic E-state index is 0.112. The molecule has 0 saturated heterocycles. The number of rotatable bonds is 11. The number of carboxylic acid groups (broad SMARTS) is 1. The monoisotopic (exact) mass is 300 g/mol. The molecule has 6 nitrogen and oxygen atoms in total. The van der Waals surface area contributed by atoms with Crippen LogP contribution in [0.4, 0.5) is 0 Å². The third-order valence-electron chi connectivity index (χ3n) is 2.77. The Morgan fingerprint density at radius 2 is 1.86 bits per heavy atom. The summed E-state index contributed by atoms with van der Waals surface area (Å²) in [6.07, 6.45) is 4.67. The van der Waals surface area contributed by atoms with Gasteiger partial charge in [-0.1, -0.05) is 32.8 Å². The summed E-state index contributed by atoms with van der Waals surface area (Å²) in [6.45, 7) is 6.57. The van der Waals surface area contributed by atoms with Crippen LogP contribution in [-0.4, -0.2) is 35.7 Å². The quantitative estimate of drug-likeness (QED) is 0.358. The summed E-state index contributed by atoms with van der Waals surface area (Å²) in [6, 6.07) is 0. The highest BCUT2D eigenvalue weighted by Crippen LogP contribution is 2.10. The molecule has 0 aromatic heterocycles. The van der Waals surface area contributed by atoms with Gasteiger partial charge in [-0.2, -0.15) is 0 Å². The minimum atomic E-state index is -1.26. The van der Waals surface area contributed by atoms with Gasteiger partial charge in [0.05, 0.1) is 12.5 Å². The fourth-order valence-corrected chi connectivity index (χ4v) is 1.66. The maximum absolute atomic E-state index is 11.6. The van der Waals surface area contributed by atoms with Crippen molar-refractivity contribution in [2.75, 3.05) is 6.61 Å². The molecule has 0 bridgehead atoms. The molecule has 0 aliphatic heterocycles. The number of unbranched alkanes of at least 4 members (excludes halogenated alkanes) is 3. The van der Waals surface area contributed by atoms with Crippen LogP contribution in [0.1, 0.15) is 52.4 Å². The van der Waals surface area contributed by atoms with Gasteiger partial charge in [-0.3, -0.25) is 4.79 Å². The van der Waals surface area contributed by atoms with Crippen molar-refractivity contribution in [3.05, 3.63) is 12.2 Å². The molecule has 0 heterocycles. The number of aliphatic carboxylic acids is 1. The zero-order chi connectivity index (χ0) is 16.3. The summed E-state index contributed by atoms with van der Waals surface area (Å²) >= 11 is 0. The van der Waals surface area contributed by atoms with E-state index in [2.05, 4.69) is 18.2 Å². The van der Waals surface area contributed by atoms with Crippen LogP contribution in [0, 0.1) is 0 Å². The average Bonchev–Trinajstić information content (AvgIpc) is 2.40. The van der Waals surface area contributed by atoms with Crippen LogP contribution in [-0.2, 0) is 23.9 Å². The van der Waals surface area contributed by atoms with Crippen LogP contribution >= 0.6 is 0 Å². The van der Waals surface area contributed by atoms with Crippen molar-refractivity contribution in [2.45, 2.75) is 58.5 Å². The summed E-state index contributed by atoms with van der Waals surface area (Å²) in [5.41, 5.74) is -0.112. The first-order valence-corrected chi connectivity index (χ1v) is 7.13. The Balaban J connectivity index is 3.93. The molecular formula is C15H24O6. The fraction of sp³-hybridized carbons (Fsp3) is 0.667. The van der Waals surface area contributed by atoms with E-state index >= 15 is 0 Å². The standard InChI is InChI=1S/C15H24O6/c1-4-5-6-7-8-12(3)21-14(18)9-11(2)15(19)20-10-13(16)17/h12H,2,4-10H2,1,3H3,(H,16,17)/t12-/m1/s1. The Kier molecular flexibility index (Phi) is 9.92. The SMILES string of the molecule is C=C(CC(=O)O[C@H](C)CCCCCC)C(=O)OCC(=O)O. The van der Waals surface area contributed by atoms with Crippen molar-refractivity contribution in [3.63, 3.8) is 0 Å². The van der Waals surface area contributed by atoms with Crippen molar-refractivity contribution >= 4 is 17.9 Å². The Morgan fingerprint density at radius 3 is 2.43 bits per heavy atom. The highest BCUT2D eigenvalue weighted by atomic mass is 16.6. The lowest BCUT2D eigenvalue weighted by molar-refractivity contribution is -0.154. The summed E-state index contributed by atoms with van der Waals surface area (Å²) in [7, 11) is 0. The number of carboxylic acids is 1. The van der Waals surface area contributed by atoms with Gasteiger partial charge in [0.1, 0.15) is 0 Å². The molecule has 0 saturated carbocycles. The third-order valence-corrected chi connectivity index (χ3v) is 2.77. The molecule has 0 rings (SSSR count). The molecule has 0 amide bonds. The van der Waals surface area contributed by atoms with E-state index in [0.717, 1.165) is 32.1 Å². The highest BCUT2D eigenvalue weighted by molar-refractivity contribution is 5.94. The lowest BCUT2D eigenvalue weighted by Crippen LogP contribution is -2.19. The number of esters is 2. The molecule has 0 aromatic carbocycles. The predicted octanol–water partition coefficient (Wildman–Crippen LogP) is 2.46. The van der Waals surface area contributed by atoms with Crippen molar-refractivity contribution < 1.29 is 29.0 Å². The maximum Gasteiger partial charge on any atom is 0.341 e. The van der Waals surface area contributed by atoms with Crippen LogP contribution in [0.25, 0.3) is 0 Å². The first kappa shape index (κ1) is 19.1. The van der Waals surface area contributed by atoms with Gasteiger partial charge in [0.2, 0.25) is 0 Å². The molecule has 0 fully saturated rings. The van der Waals surface area contributed by atoms with Crippen molar-refractivity contribution in [1.29, 1.82) is 0 Å². The number of hydrogen-bond donors (Lipinski definition) is 1. The van der Waals surface area contributed by atoms with E-state index in [-0.39, 0.29) is 18.1 Å². The lowest BCUT2D eigenvalue weighted by atomic mass is 10.1. The topological polar surface area (TPSA) is 89.9 Å². The Hall–Kier alpha value is -1.85. The van der Waals surface area contributed by atoms with Crippen molar-refractivity contribution in [1.82, 2.24) is 0 Å². The lowest BCUT2D eigenvalue weighted by Gasteiger charge is -2.13. The second kappa shape index (κ2) is 10.9. The molecule has 120 valence electrons. The number of hydrogen-bond acceptors (Lipinski definition) is 5. The zero-order valence-corrected chi connectivity index (χ0v) is 12.7. The molecule has 1 N–H and O–H groups in total. The van der Waals surface area contributed by atoms with Crippen molar-refractivity contribution in [2.24, 2.45) is 0 Å². The summed E-state index contributed by atoms with van der Waals surface area (Å²) in [4.78, 5) is 33.2. The van der Waals surface area contributed by atoms with Crippen LogP contribution in [0.15, 0.2) is 12.2 Å². The summed E-state index contributed by atoms with van der Waals surface area (Å²) in [5.74, 6) is -2.72. The molecule has 0 spiro atoms. The highest BCUT2D eigenvalue weighted by Gasteiger charge is 2.17. The maximum atomic E-state index is 11.6. The van der Waals surface area contributed by atoms with E-state index in [1.807, 2.05) is 0 Å². The Bertz CT molecular complexity index is 374. The largest absolute Gasteiger partial charge is 0.479 e. The van der Waals surface area contributed by atoms with Crippen LogP contribution in [0.2, 0.25) is 0 Å². The van der Waals surface area contributed by atoms with Crippen LogP contribution < -0.4 is 0 Å². The molecule has 0 radical (unpaired) electrons.